The molecule has 0 N–H and O–H groups in total. The molecule has 6 nitrogen and oxygen atoms in total. The summed E-state index contributed by atoms with van der Waals surface area (Å²) in [6.07, 6.45) is 4.30. The van der Waals surface area contributed by atoms with Crippen molar-refractivity contribution in [3.8, 4) is 11.5 Å². The first kappa shape index (κ1) is 37.8. The Bertz CT molecular complexity index is 1560. The molecule has 1 atom stereocenters. The molecule has 0 heterocycles. The lowest BCUT2D eigenvalue weighted by atomic mass is 9.74. The van der Waals surface area contributed by atoms with Crippen LogP contribution in [0, 0.1) is 6.92 Å². The van der Waals surface area contributed by atoms with E-state index < -0.39 is 9.49 Å². The molecule has 47 heavy (non-hydrogen) atoms. The monoisotopic (exact) mass is 676 g/mol. The number of ether oxygens (including phenoxy) is 4. The molecule has 252 valence electrons. The highest BCUT2D eigenvalue weighted by Gasteiger charge is 2.39. The summed E-state index contributed by atoms with van der Waals surface area (Å²) in [4.78, 5) is 23.1. The number of fused-ring (bicyclic) bond motifs is 1. The van der Waals surface area contributed by atoms with Crippen molar-refractivity contribution < 1.29 is 28.5 Å². The van der Waals surface area contributed by atoms with Gasteiger partial charge in [0.2, 0.25) is 0 Å². The molecule has 0 aromatic heterocycles. The number of aryl methyl sites for hydroxylation is 1. The van der Waals surface area contributed by atoms with Gasteiger partial charge in [-0.2, -0.15) is 25.3 Å². The number of rotatable bonds is 12. The van der Waals surface area contributed by atoms with Gasteiger partial charge in [-0.15, -0.1) is 0 Å². The zero-order valence-corrected chi connectivity index (χ0v) is 30.5. The first-order valence-electron chi connectivity index (χ1n) is 15.7. The zero-order chi connectivity index (χ0) is 34.8. The number of carbonyl (C=O) groups excluding carboxylic acids is 2. The van der Waals surface area contributed by atoms with Crippen molar-refractivity contribution in [3.63, 3.8) is 0 Å². The van der Waals surface area contributed by atoms with E-state index in [-0.39, 0.29) is 30.6 Å². The minimum atomic E-state index is -0.800. The maximum absolute atomic E-state index is 11.7. The molecule has 3 aromatic carbocycles. The summed E-state index contributed by atoms with van der Waals surface area (Å²) in [5.41, 5.74) is 7.48. The van der Waals surface area contributed by atoms with Gasteiger partial charge in [0.15, 0.2) is 0 Å². The molecular formula is C39H48O6S2. The molecule has 8 heteroatoms. The normalized spacial score (nSPS) is 15.9. The van der Waals surface area contributed by atoms with Gasteiger partial charge < -0.3 is 18.9 Å². The summed E-state index contributed by atoms with van der Waals surface area (Å²) >= 11 is 8.32. The van der Waals surface area contributed by atoms with Crippen LogP contribution in [0.15, 0.2) is 90.5 Å². The van der Waals surface area contributed by atoms with Crippen LogP contribution in [0.1, 0.15) is 70.7 Å². The Labute approximate surface area is 291 Å². The molecule has 3 aromatic rings. The lowest BCUT2D eigenvalue weighted by Gasteiger charge is -2.29. The molecule has 0 aliphatic heterocycles. The number of hydrogen-bond acceptors (Lipinski definition) is 8. The van der Waals surface area contributed by atoms with Crippen LogP contribution < -0.4 is 9.47 Å². The highest BCUT2D eigenvalue weighted by molar-refractivity contribution is 7.82. The summed E-state index contributed by atoms with van der Waals surface area (Å²) in [6.45, 7) is 16.5. The molecule has 0 amide bonds. The zero-order valence-electron chi connectivity index (χ0n) is 28.8. The number of thiol groups is 2. The Morgan fingerprint density at radius 1 is 0.723 bits per heavy atom. The van der Waals surface area contributed by atoms with Crippen molar-refractivity contribution in [1.82, 2.24) is 0 Å². The number of carbonyl (C=O) groups is 2. The van der Waals surface area contributed by atoms with E-state index in [1.807, 2.05) is 43.3 Å². The van der Waals surface area contributed by atoms with Crippen molar-refractivity contribution in [2.75, 3.05) is 26.4 Å². The van der Waals surface area contributed by atoms with Crippen LogP contribution in [0.4, 0.5) is 0 Å². The summed E-state index contributed by atoms with van der Waals surface area (Å²) in [6, 6.07) is 24.5. The largest absolute Gasteiger partial charge is 0.490 e. The van der Waals surface area contributed by atoms with Crippen LogP contribution >= 0.6 is 25.3 Å². The van der Waals surface area contributed by atoms with Gasteiger partial charge in [0.25, 0.3) is 0 Å². The number of benzene rings is 3. The topological polar surface area (TPSA) is 71.1 Å². The second-order valence-electron chi connectivity index (χ2n) is 12.6. The van der Waals surface area contributed by atoms with Crippen LogP contribution in [0.3, 0.4) is 0 Å². The third-order valence-corrected chi connectivity index (χ3v) is 8.23. The lowest BCUT2D eigenvalue weighted by Crippen LogP contribution is -2.28. The first-order valence-corrected chi connectivity index (χ1v) is 16.6. The predicted molar refractivity (Wildman–Crippen MR) is 197 cm³/mol. The van der Waals surface area contributed by atoms with E-state index in [2.05, 4.69) is 94.6 Å². The Morgan fingerprint density at radius 2 is 1.19 bits per heavy atom. The second-order valence-corrected chi connectivity index (χ2v) is 14.9. The van der Waals surface area contributed by atoms with Gasteiger partial charge in [-0.25, -0.2) is 0 Å². The van der Waals surface area contributed by atoms with Crippen molar-refractivity contribution >= 4 is 42.8 Å². The smallest absolute Gasteiger partial charge is 0.321 e. The molecule has 1 aliphatic rings. The van der Waals surface area contributed by atoms with Gasteiger partial charge in [-0.1, -0.05) is 71.8 Å². The van der Waals surface area contributed by atoms with E-state index in [0.29, 0.717) is 13.2 Å². The van der Waals surface area contributed by atoms with Crippen LogP contribution in [-0.4, -0.2) is 47.9 Å². The molecule has 1 unspecified atom stereocenters. The van der Waals surface area contributed by atoms with Crippen molar-refractivity contribution in [3.05, 3.63) is 113 Å². The van der Waals surface area contributed by atoms with Gasteiger partial charge in [0, 0.05) is 5.41 Å². The average Bonchev–Trinajstić information content (AvgIpc) is 3.24. The summed E-state index contributed by atoms with van der Waals surface area (Å²) in [5, 5.41) is 0. The van der Waals surface area contributed by atoms with E-state index in [0.717, 1.165) is 11.5 Å². The highest BCUT2D eigenvalue weighted by atomic mass is 32.1. The fraction of sp³-hybridized carbons (Fsp3) is 0.385. The van der Waals surface area contributed by atoms with Crippen LogP contribution in [0.25, 0.3) is 5.57 Å². The minimum absolute atomic E-state index is 0.183. The number of hydrogen-bond donors (Lipinski definition) is 2. The third kappa shape index (κ3) is 10.2. The Morgan fingerprint density at radius 3 is 1.66 bits per heavy atom. The van der Waals surface area contributed by atoms with Crippen molar-refractivity contribution in [1.29, 1.82) is 0 Å². The maximum Gasteiger partial charge on any atom is 0.321 e. The molecule has 0 saturated carbocycles. The Kier molecular flexibility index (Phi) is 13.3. The molecule has 1 aliphatic carbocycles. The molecule has 0 fully saturated rings. The van der Waals surface area contributed by atoms with E-state index in [1.165, 1.54) is 33.4 Å². The minimum Gasteiger partial charge on any atom is -0.490 e. The quantitative estimate of drug-likeness (QED) is 0.114. The van der Waals surface area contributed by atoms with Gasteiger partial charge in [-0.05, 0) is 102 Å². The predicted octanol–water partition coefficient (Wildman–Crippen LogP) is 8.61. The first-order chi connectivity index (χ1) is 22.1. The lowest BCUT2D eigenvalue weighted by molar-refractivity contribution is -0.147. The fourth-order valence-corrected chi connectivity index (χ4v) is 5.17. The second kappa shape index (κ2) is 16.5. The van der Waals surface area contributed by atoms with Crippen molar-refractivity contribution in [2.24, 2.45) is 0 Å². The van der Waals surface area contributed by atoms with E-state index in [1.54, 1.807) is 27.7 Å². The highest BCUT2D eigenvalue weighted by Crippen LogP contribution is 2.50. The van der Waals surface area contributed by atoms with E-state index >= 15 is 0 Å². The standard InChI is InChI=1S/C26H30O3S.C13H18O3S/c1-6-9-21-18(2)26(5,23-11-8-7-10-22(21)23)19-12-14-20(15-13-19)28-16-17-29-24(27)25(3,4)30;1-10-4-6-11(7-5-10)15-8-9-16-12(14)13(2,3)17/h6-15,30H,16-17H2,1-5H3;4-7,17H,8-9H2,1-3H3/b9-6-;. The Hall–Kier alpha value is -3.62. The van der Waals surface area contributed by atoms with Crippen molar-refractivity contribution in [2.45, 2.75) is 70.3 Å². The molecular weight excluding hydrogens is 629 g/mol. The fourth-order valence-electron chi connectivity index (χ4n) is 5.04. The molecule has 0 radical (unpaired) electrons. The number of allylic oxidation sites excluding steroid dienone is 4. The van der Waals surface area contributed by atoms with Crippen LogP contribution in [0.5, 0.6) is 11.5 Å². The SMILES string of the molecule is C/C=C\C1=C(C)C(C)(c2ccc(OCCOC(=O)C(C)(C)S)cc2)c2ccccc21.Cc1ccc(OCCOC(=O)C(C)(C)S)cc1. The molecule has 0 bridgehead atoms. The van der Waals surface area contributed by atoms with Gasteiger partial charge in [0.05, 0.1) is 0 Å². The number of esters is 2. The van der Waals surface area contributed by atoms with Crippen LogP contribution in [-0.2, 0) is 24.5 Å². The van der Waals surface area contributed by atoms with E-state index in [4.69, 9.17) is 18.9 Å². The van der Waals surface area contributed by atoms with Crippen LogP contribution in [0.2, 0.25) is 0 Å². The summed E-state index contributed by atoms with van der Waals surface area (Å²) < 4.78 is 19.8. The van der Waals surface area contributed by atoms with Gasteiger partial charge in [-0.3, -0.25) is 9.59 Å². The van der Waals surface area contributed by atoms with E-state index in [9.17, 15) is 9.59 Å². The summed E-state index contributed by atoms with van der Waals surface area (Å²) in [7, 11) is 0. The Balaban J connectivity index is 0.000000300. The molecule has 0 saturated heterocycles. The third-order valence-electron chi connectivity index (χ3n) is 7.87. The molecule has 0 spiro atoms. The van der Waals surface area contributed by atoms with Gasteiger partial charge >= 0.3 is 11.9 Å². The average molecular weight is 677 g/mol. The maximum atomic E-state index is 11.7. The summed E-state index contributed by atoms with van der Waals surface area (Å²) in [5.74, 6) is 0.840. The molecule has 4 rings (SSSR count). The van der Waals surface area contributed by atoms with Gasteiger partial charge in [0.1, 0.15) is 47.4 Å².